The molecule has 0 aliphatic rings. The molecular weight excluding hydrogens is 216 g/mol. The van der Waals surface area contributed by atoms with Crippen LogP contribution in [0.2, 0.25) is 0 Å². The first-order valence-corrected chi connectivity index (χ1v) is 5.82. The van der Waals surface area contributed by atoms with Gasteiger partial charge in [-0.2, -0.15) is 0 Å². The quantitative estimate of drug-likeness (QED) is 0.622. The van der Waals surface area contributed by atoms with E-state index in [1.807, 2.05) is 20.8 Å². The Morgan fingerprint density at radius 3 is 2.65 bits per heavy atom. The van der Waals surface area contributed by atoms with Crippen LogP contribution in [0.3, 0.4) is 0 Å². The summed E-state index contributed by atoms with van der Waals surface area (Å²) >= 11 is 0. The second-order valence-electron chi connectivity index (χ2n) is 4.32. The summed E-state index contributed by atoms with van der Waals surface area (Å²) in [7, 11) is 0. The van der Waals surface area contributed by atoms with Crippen LogP contribution in [0.15, 0.2) is 12.1 Å². The fraction of sp³-hybridized carbons (Fsp3) is 0.462. The molecule has 0 bridgehead atoms. The Hall–Kier alpha value is -1.71. The number of benzene rings is 1. The van der Waals surface area contributed by atoms with Gasteiger partial charge in [0.1, 0.15) is 0 Å². The molecule has 0 aromatic heterocycles. The van der Waals surface area contributed by atoms with Gasteiger partial charge < -0.3 is 16.2 Å². The van der Waals surface area contributed by atoms with Crippen molar-refractivity contribution in [2.75, 3.05) is 11.5 Å². The highest BCUT2D eigenvalue weighted by molar-refractivity contribution is 5.98. The summed E-state index contributed by atoms with van der Waals surface area (Å²) in [4.78, 5) is 11.9. The van der Waals surface area contributed by atoms with Crippen LogP contribution in [0.4, 0.5) is 11.4 Å². The lowest BCUT2D eigenvalue weighted by atomic mass is 10.1. The zero-order valence-corrected chi connectivity index (χ0v) is 10.6. The van der Waals surface area contributed by atoms with Crippen molar-refractivity contribution in [3.05, 3.63) is 23.3 Å². The molecule has 0 saturated heterocycles. The summed E-state index contributed by atoms with van der Waals surface area (Å²) in [6.07, 6.45) is 1.71. The molecule has 4 N–H and O–H groups in total. The molecule has 0 saturated carbocycles. The number of esters is 1. The first kappa shape index (κ1) is 13.4. The molecule has 1 atom stereocenters. The first-order valence-electron chi connectivity index (χ1n) is 5.82. The van der Waals surface area contributed by atoms with Crippen LogP contribution in [-0.4, -0.2) is 12.1 Å². The first-order chi connectivity index (χ1) is 7.95. The van der Waals surface area contributed by atoms with Crippen molar-refractivity contribution >= 4 is 17.3 Å². The predicted molar refractivity (Wildman–Crippen MR) is 69.8 cm³/mol. The van der Waals surface area contributed by atoms with Crippen LogP contribution < -0.4 is 11.5 Å². The van der Waals surface area contributed by atoms with Crippen molar-refractivity contribution in [1.82, 2.24) is 0 Å². The van der Waals surface area contributed by atoms with Gasteiger partial charge in [0, 0.05) is 0 Å². The Labute approximate surface area is 102 Å². The number of rotatable bonds is 4. The van der Waals surface area contributed by atoms with Gasteiger partial charge in [0.25, 0.3) is 0 Å². The van der Waals surface area contributed by atoms with E-state index in [0.29, 0.717) is 16.9 Å². The maximum atomic E-state index is 11.9. The molecule has 1 unspecified atom stereocenters. The van der Waals surface area contributed by atoms with E-state index in [1.165, 1.54) is 0 Å². The van der Waals surface area contributed by atoms with Gasteiger partial charge in [0.2, 0.25) is 0 Å². The zero-order chi connectivity index (χ0) is 13.0. The molecule has 4 heteroatoms. The van der Waals surface area contributed by atoms with Crippen LogP contribution in [0.1, 0.15) is 42.6 Å². The standard InChI is InChI=1S/C13H20N2O2/c1-4-5-9(3)17-13(16)10-6-8(2)7-11(14)12(10)15/h6-7,9H,4-5,14-15H2,1-3H3. The van der Waals surface area contributed by atoms with Crippen LogP contribution in [-0.2, 0) is 4.74 Å². The SMILES string of the molecule is CCCC(C)OC(=O)c1cc(C)cc(N)c1N. The summed E-state index contributed by atoms with van der Waals surface area (Å²) in [5, 5.41) is 0. The molecule has 17 heavy (non-hydrogen) atoms. The number of ether oxygens (including phenoxy) is 1. The lowest BCUT2D eigenvalue weighted by Crippen LogP contribution is -2.16. The smallest absolute Gasteiger partial charge is 0.340 e. The summed E-state index contributed by atoms with van der Waals surface area (Å²) in [6.45, 7) is 5.78. The average molecular weight is 236 g/mol. The number of carbonyl (C=O) groups excluding carboxylic acids is 1. The van der Waals surface area contributed by atoms with E-state index >= 15 is 0 Å². The average Bonchev–Trinajstić information content (AvgIpc) is 2.23. The molecule has 1 aromatic carbocycles. The topological polar surface area (TPSA) is 78.3 Å². The van der Waals surface area contributed by atoms with Gasteiger partial charge >= 0.3 is 5.97 Å². The predicted octanol–water partition coefficient (Wildman–Crippen LogP) is 2.50. The minimum Gasteiger partial charge on any atom is -0.459 e. The molecule has 1 rings (SSSR count). The molecule has 0 fully saturated rings. The van der Waals surface area contributed by atoms with Crippen LogP contribution >= 0.6 is 0 Å². The third kappa shape index (κ3) is 3.37. The number of carbonyl (C=O) groups is 1. The summed E-state index contributed by atoms with van der Waals surface area (Å²) in [5.74, 6) is -0.404. The van der Waals surface area contributed by atoms with Crippen molar-refractivity contribution in [2.24, 2.45) is 0 Å². The number of aryl methyl sites for hydroxylation is 1. The third-order valence-electron chi connectivity index (χ3n) is 2.58. The lowest BCUT2D eigenvalue weighted by Gasteiger charge is -2.14. The van der Waals surface area contributed by atoms with E-state index in [2.05, 4.69) is 0 Å². The van der Waals surface area contributed by atoms with Crippen LogP contribution in [0.5, 0.6) is 0 Å². The highest BCUT2D eigenvalue weighted by Gasteiger charge is 2.16. The summed E-state index contributed by atoms with van der Waals surface area (Å²) in [5.41, 5.74) is 13.5. The van der Waals surface area contributed by atoms with Crippen LogP contribution in [0, 0.1) is 6.92 Å². The van der Waals surface area contributed by atoms with E-state index in [9.17, 15) is 4.79 Å². The minimum absolute atomic E-state index is 0.103. The highest BCUT2D eigenvalue weighted by Crippen LogP contribution is 2.23. The van der Waals surface area contributed by atoms with E-state index in [0.717, 1.165) is 18.4 Å². The normalized spacial score (nSPS) is 12.2. The Balaban J connectivity index is 2.89. The molecule has 0 aliphatic carbocycles. The van der Waals surface area contributed by atoms with Crippen molar-refractivity contribution in [3.8, 4) is 0 Å². The second kappa shape index (κ2) is 5.57. The van der Waals surface area contributed by atoms with Crippen molar-refractivity contribution in [1.29, 1.82) is 0 Å². The van der Waals surface area contributed by atoms with E-state index in [4.69, 9.17) is 16.2 Å². The fourth-order valence-corrected chi connectivity index (χ4v) is 1.71. The van der Waals surface area contributed by atoms with Gasteiger partial charge in [-0.3, -0.25) is 0 Å². The Morgan fingerprint density at radius 1 is 1.41 bits per heavy atom. The lowest BCUT2D eigenvalue weighted by molar-refractivity contribution is 0.0324. The summed E-state index contributed by atoms with van der Waals surface area (Å²) in [6, 6.07) is 3.44. The van der Waals surface area contributed by atoms with Crippen molar-refractivity contribution in [2.45, 2.75) is 39.7 Å². The number of hydrogen-bond donors (Lipinski definition) is 2. The molecule has 1 aromatic rings. The number of nitrogens with two attached hydrogens (primary N) is 2. The van der Waals surface area contributed by atoms with Crippen LogP contribution in [0.25, 0.3) is 0 Å². The minimum atomic E-state index is -0.404. The fourth-order valence-electron chi connectivity index (χ4n) is 1.71. The van der Waals surface area contributed by atoms with Gasteiger partial charge in [-0.15, -0.1) is 0 Å². The molecule has 0 amide bonds. The molecule has 0 spiro atoms. The number of hydrogen-bond acceptors (Lipinski definition) is 4. The Kier molecular flexibility index (Phi) is 4.37. The van der Waals surface area contributed by atoms with Gasteiger partial charge in [0.05, 0.1) is 23.0 Å². The largest absolute Gasteiger partial charge is 0.459 e. The molecule has 4 nitrogen and oxygen atoms in total. The second-order valence-corrected chi connectivity index (χ2v) is 4.32. The highest BCUT2D eigenvalue weighted by atomic mass is 16.5. The number of nitrogen functional groups attached to an aromatic ring is 2. The Bertz CT molecular complexity index is 416. The van der Waals surface area contributed by atoms with Gasteiger partial charge in [-0.25, -0.2) is 4.79 Å². The van der Waals surface area contributed by atoms with Gasteiger partial charge in [-0.05, 0) is 38.0 Å². The van der Waals surface area contributed by atoms with Crippen molar-refractivity contribution in [3.63, 3.8) is 0 Å². The molecule has 94 valence electrons. The molecule has 0 aliphatic heterocycles. The number of anilines is 2. The Morgan fingerprint density at radius 2 is 2.06 bits per heavy atom. The third-order valence-corrected chi connectivity index (χ3v) is 2.58. The van der Waals surface area contributed by atoms with Gasteiger partial charge in [-0.1, -0.05) is 13.3 Å². The summed E-state index contributed by atoms with van der Waals surface area (Å²) < 4.78 is 5.29. The molecule has 0 radical (unpaired) electrons. The molecular formula is C13H20N2O2. The van der Waals surface area contributed by atoms with E-state index in [-0.39, 0.29) is 6.10 Å². The maximum Gasteiger partial charge on any atom is 0.340 e. The van der Waals surface area contributed by atoms with E-state index in [1.54, 1.807) is 12.1 Å². The van der Waals surface area contributed by atoms with Gasteiger partial charge in [0.15, 0.2) is 0 Å². The monoisotopic (exact) mass is 236 g/mol. The molecule has 0 heterocycles. The zero-order valence-electron chi connectivity index (χ0n) is 10.6. The maximum absolute atomic E-state index is 11.9. The van der Waals surface area contributed by atoms with E-state index < -0.39 is 5.97 Å². The van der Waals surface area contributed by atoms with Crippen molar-refractivity contribution < 1.29 is 9.53 Å².